The SMILES string of the molecule is OCC=Cc1cc(Br)c2c(c1)OCCCO2. The summed E-state index contributed by atoms with van der Waals surface area (Å²) in [6.07, 6.45) is 4.42. The van der Waals surface area contributed by atoms with Crippen molar-refractivity contribution in [3.8, 4) is 11.5 Å². The minimum atomic E-state index is 0.0338. The summed E-state index contributed by atoms with van der Waals surface area (Å²) in [5.74, 6) is 1.52. The Kier molecular flexibility index (Phi) is 3.85. The Hall–Kier alpha value is -1.00. The molecule has 1 aliphatic rings. The van der Waals surface area contributed by atoms with E-state index in [1.165, 1.54) is 0 Å². The lowest BCUT2D eigenvalue weighted by Crippen LogP contribution is -1.97. The summed E-state index contributed by atoms with van der Waals surface area (Å²) in [5.41, 5.74) is 0.977. The maximum atomic E-state index is 8.73. The second-order valence-electron chi connectivity index (χ2n) is 3.47. The Balaban J connectivity index is 2.35. The lowest BCUT2D eigenvalue weighted by molar-refractivity contribution is 0.296. The van der Waals surface area contributed by atoms with E-state index in [-0.39, 0.29) is 6.61 Å². The van der Waals surface area contributed by atoms with Gasteiger partial charge in [-0.05, 0) is 33.6 Å². The van der Waals surface area contributed by atoms with Gasteiger partial charge in [-0.1, -0.05) is 12.2 Å². The van der Waals surface area contributed by atoms with Gasteiger partial charge in [0.15, 0.2) is 11.5 Å². The average Bonchev–Trinajstić information content (AvgIpc) is 2.51. The molecule has 0 saturated heterocycles. The Morgan fingerprint density at radius 1 is 1.31 bits per heavy atom. The number of benzene rings is 1. The van der Waals surface area contributed by atoms with Crippen molar-refractivity contribution < 1.29 is 14.6 Å². The fourth-order valence-electron chi connectivity index (χ4n) is 1.54. The Morgan fingerprint density at radius 3 is 2.94 bits per heavy atom. The minimum absolute atomic E-state index is 0.0338. The summed E-state index contributed by atoms with van der Waals surface area (Å²) in [7, 11) is 0. The van der Waals surface area contributed by atoms with E-state index in [0.29, 0.717) is 13.2 Å². The monoisotopic (exact) mass is 284 g/mol. The Labute approximate surface area is 103 Å². The number of aliphatic hydroxyl groups is 1. The largest absolute Gasteiger partial charge is 0.489 e. The van der Waals surface area contributed by atoms with Crippen LogP contribution < -0.4 is 9.47 Å². The highest BCUT2D eigenvalue weighted by atomic mass is 79.9. The van der Waals surface area contributed by atoms with Crippen LogP contribution in [-0.2, 0) is 0 Å². The molecular formula is C12H13BrO3. The zero-order valence-corrected chi connectivity index (χ0v) is 10.4. The predicted molar refractivity (Wildman–Crippen MR) is 65.9 cm³/mol. The van der Waals surface area contributed by atoms with Crippen LogP contribution in [0.4, 0.5) is 0 Å². The first-order valence-corrected chi connectivity index (χ1v) is 5.97. The van der Waals surface area contributed by atoms with Gasteiger partial charge < -0.3 is 14.6 Å². The molecule has 1 N–H and O–H groups in total. The van der Waals surface area contributed by atoms with Crippen molar-refractivity contribution in [3.63, 3.8) is 0 Å². The van der Waals surface area contributed by atoms with E-state index >= 15 is 0 Å². The number of hydrogen-bond donors (Lipinski definition) is 1. The van der Waals surface area contributed by atoms with Gasteiger partial charge in [-0.2, -0.15) is 0 Å². The lowest BCUT2D eigenvalue weighted by atomic mass is 10.2. The second kappa shape index (κ2) is 5.37. The van der Waals surface area contributed by atoms with Gasteiger partial charge in [-0.25, -0.2) is 0 Å². The third-order valence-electron chi connectivity index (χ3n) is 2.24. The molecule has 1 aromatic carbocycles. The molecule has 0 saturated carbocycles. The second-order valence-corrected chi connectivity index (χ2v) is 4.32. The molecule has 1 aromatic rings. The number of aliphatic hydroxyl groups excluding tert-OH is 1. The van der Waals surface area contributed by atoms with E-state index < -0.39 is 0 Å². The molecule has 0 bridgehead atoms. The molecule has 0 amide bonds. The number of fused-ring (bicyclic) bond motifs is 1. The topological polar surface area (TPSA) is 38.7 Å². The van der Waals surface area contributed by atoms with E-state index in [1.807, 2.05) is 18.2 Å². The summed E-state index contributed by atoms with van der Waals surface area (Å²) in [4.78, 5) is 0. The first-order valence-electron chi connectivity index (χ1n) is 5.18. The number of halogens is 1. The summed E-state index contributed by atoms with van der Waals surface area (Å²) in [6, 6.07) is 3.86. The van der Waals surface area contributed by atoms with Gasteiger partial charge in [-0.15, -0.1) is 0 Å². The zero-order chi connectivity index (χ0) is 11.4. The minimum Gasteiger partial charge on any atom is -0.489 e. The van der Waals surface area contributed by atoms with E-state index in [9.17, 15) is 0 Å². The van der Waals surface area contributed by atoms with Crippen LogP contribution in [0.3, 0.4) is 0 Å². The fraction of sp³-hybridized carbons (Fsp3) is 0.333. The van der Waals surface area contributed by atoms with Crippen LogP contribution in [0.2, 0.25) is 0 Å². The van der Waals surface area contributed by atoms with Crippen molar-refractivity contribution in [2.75, 3.05) is 19.8 Å². The lowest BCUT2D eigenvalue weighted by Gasteiger charge is -2.10. The molecule has 86 valence electrons. The predicted octanol–water partition coefficient (Wildman–Crippen LogP) is 2.62. The highest BCUT2D eigenvalue weighted by Gasteiger charge is 2.14. The summed E-state index contributed by atoms with van der Waals surface area (Å²) >= 11 is 3.46. The molecule has 0 atom stereocenters. The average molecular weight is 285 g/mol. The van der Waals surface area contributed by atoms with Crippen molar-refractivity contribution in [1.82, 2.24) is 0 Å². The maximum absolute atomic E-state index is 8.73. The van der Waals surface area contributed by atoms with E-state index in [0.717, 1.165) is 28.0 Å². The molecule has 0 aromatic heterocycles. The summed E-state index contributed by atoms with van der Waals surface area (Å²) in [5, 5.41) is 8.73. The molecule has 0 radical (unpaired) electrons. The van der Waals surface area contributed by atoms with E-state index in [2.05, 4.69) is 15.9 Å². The molecular weight excluding hydrogens is 272 g/mol. The smallest absolute Gasteiger partial charge is 0.175 e. The van der Waals surface area contributed by atoms with Crippen LogP contribution in [0.25, 0.3) is 6.08 Å². The fourth-order valence-corrected chi connectivity index (χ4v) is 2.11. The van der Waals surface area contributed by atoms with Crippen molar-refractivity contribution >= 4 is 22.0 Å². The molecule has 0 fully saturated rings. The van der Waals surface area contributed by atoms with Gasteiger partial charge in [0.25, 0.3) is 0 Å². The third-order valence-corrected chi connectivity index (χ3v) is 2.83. The van der Waals surface area contributed by atoms with Crippen molar-refractivity contribution in [3.05, 3.63) is 28.2 Å². The maximum Gasteiger partial charge on any atom is 0.175 e. The van der Waals surface area contributed by atoms with Crippen molar-refractivity contribution in [2.45, 2.75) is 6.42 Å². The van der Waals surface area contributed by atoms with Crippen LogP contribution in [0.5, 0.6) is 11.5 Å². The molecule has 0 aliphatic carbocycles. The van der Waals surface area contributed by atoms with Gasteiger partial charge in [-0.3, -0.25) is 0 Å². The first-order chi connectivity index (χ1) is 7.81. The van der Waals surface area contributed by atoms with Gasteiger partial charge >= 0.3 is 0 Å². The van der Waals surface area contributed by atoms with Gasteiger partial charge in [0.05, 0.1) is 24.3 Å². The van der Waals surface area contributed by atoms with Crippen LogP contribution in [0.15, 0.2) is 22.7 Å². The van der Waals surface area contributed by atoms with E-state index in [1.54, 1.807) is 6.08 Å². The quantitative estimate of drug-likeness (QED) is 0.907. The zero-order valence-electron chi connectivity index (χ0n) is 8.78. The third kappa shape index (κ3) is 2.57. The normalized spacial score (nSPS) is 15.1. The number of rotatable bonds is 2. The van der Waals surface area contributed by atoms with Gasteiger partial charge in [0.2, 0.25) is 0 Å². The standard InChI is InChI=1S/C12H13BrO3/c13-10-7-9(3-1-4-14)8-11-12(10)16-6-2-5-15-11/h1,3,7-8,14H,2,4-6H2. The molecule has 0 unspecified atom stereocenters. The summed E-state index contributed by atoms with van der Waals surface area (Å²) < 4.78 is 12.1. The molecule has 2 rings (SSSR count). The van der Waals surface area contributed by atoms with Crippen LogP contribution in [0, 0.1) is 0 Å². The molecule has 1 heterocycles. The molecule has 1 aliphatic heterocycles. The van der Waals surface area contributed by atoms with Gasteiger partial charge in [0.1, 0.15) is 0 Å². The number of ether oxygens (including phenoxy) is 2. The molecule has 16 heavy (non-hydrogen) atoms. The van der Waals surface area contributed by atoms with Crippen molar-refractivity contribution in [1.29, 1.82) is 0 Å². The van der Waals surface area contributed by atoms with Gasteiger partial charge in [0, 0.05) is 6.42 Å². The van der Waals surface area contributed by atoms with Crippen LogP contribution in [-0.4, -0.2) is 24.9 Å². The number of hydrogen-bond acceptors (Lipinski definition) is 3. The molecule has 3 nitrogen and oxygen atoms in total. The van der Waals surface area contributed by atoms with Crippen molar-refractivity contribution in [2.24, 2.45) is 0 Å². The highest BCUT2D eigenvalue weighted by molar-refractivity contribution is 9.10. The first kappa shape index (κ1) is 11.5. The Bertz CT molecular complexity index is 401. The summed E-state index contributed by atoms with van der Waals surface area (Å²) in [6.45, 7) is 1.39. The van der Waals surface area contributed by atoms with Crippen LogP contribution in [0.1, 0.15) is 12.0 Å². The highest BCUT2D eigenvalue weighted by Crippen LogP contribution is 2.38. The van der Waals surface area contributed by atoms with E-state index in [4.69, 9.17) is 14.6 Å². The Morgan fingerprint density at radius 2 is 2.12 bits per heavy atom. The van der Waals surface area contributed by atoms with Crippen LogP contribution >= 0.6 is 15.9 Å². The molecule has 0 spiro atoms. The molecule has 4 heteroatoms.